The zero-order valence-corrected chi connectivity index (χ0v) is 4.47. The van der Waals surface area contributed by atoms with E-state index in [1.165, 1.54) is 0 Å². The third kappa shape index (κ3) is 4.44. The Balaban J connectivity index is 2.85. The maximum atomic E-state index is 9.69. The van der Waals surface area contributed by atoms with Crippen molar-refractivity contribution in [2.75, 3.05) is 5.75 Å². The van der Waals surface area contributed by atoms with E-state index in [9.17, 15) is 4.21 Å². The number of hydrogen-bond acceptors (Lipinski definition) is 1. The summed E-state index contributed by atoms with van der Waals surface area (Å²) in [6.45, 7) is 1.77. The first-order chi connectivity index (χ1) is 2.27. The van der Waals surface area contributed by atoms with Gasteiger partial charge in [-0.05, 0) is 10.7 Å². The van der Waals surface area contributed by atoms with Gasteiger partial charge in [-0.25, -0.2) is 4.21 Å². The van der Waals surface area contributed by atoms with Crippen molar-refractivity contribution in [3.05, 3.63) is 0 Å². The van der Waals surface area contributed by atoms with Crippen molar-refractivity contribution in [1.82, 2.24) is 0 Å². The fourth-order valence-corrected chi connectivity index (χ4v) is 0. The average Bonchev–Trinajstić information content (AvgIpc) is 1.38. The molecule has 32 valence electrons. The predicted molar refractivity (Wildman–Crippen MR) is 24.5 cm³/mol. The molecule has 0 saturated carbocycles. The SMILES string of the molecule is CC[S@](=O)Cl. The van der Waals surface area contributed by atoms with E-state index in [-0.39, 0.29) is 0 Å². The topological polar surface area (TPSA) is 17.1 Å². The second kappa shape index (κ2) is 2.67. The maximum absolute atomic E-state index is 9.69. The highest BCUT2D eigenvalue weighted by molar-refractivity contribution is 8.08. The van der Waals surface area contributed by atoms with Crippen LogP contribution in [0, 0.1) is 0 Å². The van der Waals surface area contributed by atoms with E-state index in [0.29, 0.717) is 5.75 Å². The molecule has 0 aliphatic rings. The van der Waals surface area contributed by atoms with Gasteiger partial charge in [-0.2, -0.15) is 0 Å². The molecule has 0 heterocycles. The molecule has 0 fully saturated rings. The molecule has 0 bridgehead atoms. The Morgan fingerprint density at radius 3 is 2.20 bits per heavy atom. The summed E-state index contributed by atoms with van der Waals surface area (Å²) in [4.78, 5) is 0. The van der Waals surface area contributed by atoms with E-state index >= 15 is 0 Å². The van der Waals surface area contributed by atoms with Gasteiger partial charge in [0.15, 0.2) is 0 Å². The van der Waals surface area contributed by atoms with Crippen LogP contribution in [0.1, 0.15) is 6.92 Å². The van der Waals surface area contributed by atoms with Crippen LogP contribution >= 0.6 is 10.7 Å². The fourth-order valence-electron chi connectivity index (χ4n) is 0. The molecule has 0 aromatic carbocycles. The van der Waals surface area contributed by atoms with Crippen molar-refractivity contribution in [3.63, 3.8) is 0 Å². The number of rotatable bonds is 1. The second-order valence-corrected chi connectivity index (χ2v) is 2.77. The lowest BCUT2D eigenvalue weighted by atomic mass is 11.0. The Kier molecular flexibility index (Phi) is 2.90. The lowest BCUT2D eigenvalue weighted by Gasteiger charge is -1.70. The Hall–Kier alpha value is 0.440. The van der Waals surface area contributed by atoms with E-state index in [4.69, 9.17) is 10.7 Å². The fraction of sp³-hybridized carbons (Fsp3) is 1.00. The Morgan fingerprint density at radius 2 is 2.20 bits per heavy atom. The predicted octanol–water partition coefficient (Wildman–Crippen LogP) is 0.909. The minimum absolute atomic E-state index is 0.543. The van der Waals surface area contributed by atoms with Crippen molar-refractivity contribution in [3.8, 4) is 0 Å². The number of halogens is 1. The van der Waals surface area contributed by atoms with Gasteiger partial charge in [-0.15, -0.1) is 0 Å². The summed E-state index contributed by atoms with van der Waals surface area (Å²) in [5.41, 5.74) is 0. The molecule has 0 radical (unpaired) electrons. The maximum Gasteiger partial charge on any atom is 0.114 e. The van der Waals surface area contributed by atoms with Gasteiger partial charge in [0.2, 0.25) is 0 Å². The lowest BCUT2D eigenvalue weighted by molar-refractivity contribution is 0.692. The minimum Gasteiger partial charge on any atom is -0.243 e. The Bertz CT molecular complexity index is 44.9. The summed E-state index contributed by atoms with van der Waals surface area (Å²) in [5.74, 6) is 0.543. The largest absolute Gasteiger partial charge is 0.243 e. The van der Waals surface area contributed by atoms with Crippen LogP contribution in [0.5, 0.6) is 0 Å². The normalized spacial score (nSPS) is 14.8. The molecule has 0 spiro atoms. The molecule has 0 amide bonds. The molecular formula is C2H5ClOS. The monoisotopic (exact) mass is 112 g/mol. The molecule has 1 nitrogen and oxygen atoms in total. The molecule has 3 heteroatoms. The van der Waals surface area contributed by atoms with Gasteiger partial charge < -0.3 is 0 Å². The van der Waals surface area contributed by atoms with Crippen LogP contribution < -0.4 is 0 Å². The highest BCUT2D eigenvalue weighted by atomic mass is 35.7. The number of hydrogen-bond donors (Lipinski definition) is 0. The van der Waals surface area contributed by atoms with Crippen LogP contribution in [0.25, 0.3) is 0 Å². The third-order valence-corrected chi connectivity index (χ3v) is 1.34. The van der Waals surface area contributed by atoms with E-state index in [1.807, 2.05) is 0 Å². The van der Waals surface area contributed by atoms with Crippen molar-refractivity contribution in [1.29, 1.82) is 0 Å². The molecule has 0 aliphatic heterocycles. The van der Waals surface area contributed by atoms with Gasteiger partial charge in [0.25, 0.3) is 0 Å². The molecule has 5 heavy (non-hydrogen) atoms. The Labute approximate surface area is 38.3 Å². The molecule has 1 atom stereocenters. The van der Waals surface area contributed by atoms with Crippen LogP contribution in [0.15, 0.2) is 0 Å². The van der Waals surface area contributed by atoms with Crippen LogP contribution in [0.4, 0.5) is 0 Å². The first-order valence-electron chi connectivity index (χ1n) is 1.32. The van der Waals surface area contributed by atoms with Gasteiger partial charge in [-0.1, -0.05) is 6.92 Å². The second-order valence-electron chi connectivity index (χ2n) is 0.579. The quantitative estimate of drug-likeness (QED) is 0.461. The van der Waals surface area contributed by atoms with Crippen LogP contribution in [0.3, 0.4) is 0 Å². The third-order valence-electron chi connectivity index (χ3n) is 0.227. The average molecular weight is 113 g/mol. The van der Waals surface area contributed by atoms with Gasteiger partial charge in [0.05, 0.1) is 0 Å². The molecular weight excluding hydrogens is 108 g/mol. The van der Waals surface area contributed by atoms with Crippen molar-refractivity contribution >= 4 is 20.7 Å². The molecule has 0 aromatic rings. The lowest BCUT2D eigenvalue weighted by Crippen LogP contribution is -1.75. The molecule has 0 unspecified atom stereocenters. The summed E-state index contributed by atoms with van der Waals surface area (Å²) in [5, 5.41) is 0. The minimum atomic E-state index is -1.10. The van der Waals surface area contributed by atoms with Gasteiger partial charge in [0.1, 0.15) is 10.0 Å². The summed E-state index contributed by atoms with van der Waals surface area (Å²) in [6.07, 6.45) is 0. The first kappa shape index (κ1) is 5.44. The van der Waals surface area contributed by atoms with Crippen molar-refractivity contribution < 1.29 is 4.21 Å². The molecule has 0 N–H and O–H groups in total. The molecule has 0 rings (SSSR count). The molecule has 0 aliphatic carbocycles. The van der Waals surface area contributed by atoms with Gasteiger partial charge >= 0.3 is 0 Å². The summed E-state index contributed by atoms with van der Waals surface area (Å²) in [7, 11) is 3.83. The van der Waals surface area contributed by atoms with Crippen LogP contribution in [-0.2, 0) is 10.0 Å². The molecule has 0 aromatic heterocycles. The summed E-state index contributed by atoms with van der Waals surface area (Å²) >= 11 is 0. The first-order valence-corrected chi connectivity index (χ1v) is 3.46. The van der Waals surface area contributed by atoms with E-state index in [2.05, 4.69) is 0 Å². The Morgan fingerprint density at radius 1 is 2.00 bits per heavy atom. The van der Waals surface area contributed by atoms with Gasteiger partial charge in [-0.3, -0.25) is 0 Å². The van der Waals surface area contributed by atoms with E-state index < -0.39 is 10.0 Å². The van der Waals surface area contributed by atoms with E-state index in [1.54, 1.807) is 6.92 Å². The van der Waals surface area contributed by atoms with Crippen LogP contribution in [-0.4, -0.2) is 9.96 Å². The van der Waals surface area contributed by atoms with Crippen LogP contribution in [0.2, 0.25) is 0 Å². The zero-order chi connectivity index (χ0) is 4.28. The van der Waals surface area contributed by atoms with Crippen molar-refractivity contribution in [2.24, 2.45) is 0 Å². The zero-order valence-electron chi connectivity index (χ0n) is 2.90. The highest BCUT2D eigenvalue weighted by Crippen LogP contribution is 1.82. The smallest absolute Gasteiger partial charge is 0.114 e. The standard InChI is InChI=1S/C2H5ClOS/c1-2-5(3)4/h2H2,1H3/t5-/m0/s1. The van der Waals surface area contributed by atoms with E-state index in [0.717, 1.165) is 0 Å². The summed E-state index contributed by atoms with van der Waals surface area (Å²) in [6, 6.07) is 0. The summed E-state index contributed by atoms with van der Waals surface area (Å²) < 4.78 is 9.69. The van der Waals surface area contributed by atoms with Crippen molar-refractivity contribution in [2.45, 2.75) is 6.92 Å². The highest BCUT2D eigenvalue weighted by Gasteiger charge is 1.77. The molecule has 0 saturated heterocycles. The van der Waals surface area contributed by atoms with Gasteiger partial charge in [0, 0.05) is 5.75 Å².